The number of aryl methyl sites for hydroxylation is 2. The van der Waals surface area contributed by atoms with Crippen LogP contribution in [0.4, 0.5) is 0 Å². The van der Waals surface area contributed by atoms with Crippen molar-refractivity contribution in [2.45, 2.75) is 32.7 Å². The van der Waals surface area contributed by atoms with Gasteiger partial charge < -0.3 is 0 Å². The molecule has 0 aliphatic rings. The van der Waals surface area contributed by atoms with Crippen LogP contribution in [0, 0.1) is 6.92 Å². The summed E-state index contributed by atoms with van der Waals surface area (Å²) in [7, 11) is 0. The number of aromatic nitrogens is 2. The third-order valence-corrected chi connectivity index (χ3v) is 4.30. The van der Waals surface area contributed by atoms with Gasteiger partial charge in [0.25, 0.3) is 0 Å². The van der Waals surface area contributed by atoms with Gasteiger partial charge in [0.15, 0.2) is 0 Å². The van der Waals surface area contributed by atoms with Crippen LogP contribution in [-0.2, 0) is 6.42 Å². The van der Waals surface area contributed by atoms with E-state index in [1.807, 2.05) is 0 Å². The van der Waals surface area contributed by atoms with E-state index in [2.05, 4.69) is 40.3 Å². The van der Waals surface area contributed by atoms with E-state index in [4.69, 9.17) is 5.84 Å². The van der Waals surface area contributed by atoms with Crippen molar-refractivity contribution in [1.29, 1.82) is 0 Å². The van der Waals surface area contributed by atoms with Gasteiger partial charge in [0.1, 0.15) is 0 Å². The lowest BCUT2D eigenvalue weighted by atomic mass is 10.1. The number of nitrogens with zero attached hydrogens (tertiary/aromatic N) is 2. The Morgan fingerprint density at radius 2 is 2.35 bits per heavy atom. The van der Waals surface area contributed by atoms with Crippen molar-refractivity contribution < 1.29 is 0 Å². The molecular weight excluding hydrogens is 252 g/mol. The Kier molecular flexibility index (Phi) is 4.22. The zero-order valence-electron chi connectivity index (χ0n) is 9.93. The van der Waals surface area contributed by atoms with Crippen molar-refractivity contribution >= 4 is 22.9 Å². The predicted octanol–water partition coefficient (Wildman–Crippen LogP) is 2.41. The number of hydrazine groups is 1. The normalized spacial score (nSPS) is 12.9. The van der Waals surface area contributed by atoms with Crippen molar-refractivity contribution in [2.24, 2.45) is 5.84 Å². The SMILES string of the molecule is CCCc1nnsc1C(NN)c1csc(C)c1. The number of thiophene rings is 1. The molecule has 0 amide bonds. The minimum Gasteiger partial charge on any atom is -0.271 e. The van der Waals surface area contributed by atoms with Gasteiger partial charge in [-0.2, -0.15) is 0 Å². The van der Waals surface area contributed by atoms with E-state index >= 15 is 0 Å². The average Bonchev–Trinajstić information content (AvgIpc) is 2.91. The zero-order valence-corrected chi connectivity index (χ0v) is 11.6. The van der Waals surface area contributed by atoms with Crippen molar-refractivity contribution in [3.63, 3.8) is 0 Å². The van der Waals surface area contributed by atoms with Crippen molar-refractivity contribution in [2.75, 3.05) is 0 Å². The van der Waals surface area contributed by atoms with Gasteiger partial charge in [-0.3, -0.25) is 5.84 Å². The van der Waals surface area contributed by atoms with Crippen LogP contribution in [0.1, 0.15) is 40.4 Å². The second-order valence-corrected chi connectivity index (χ2v) is 5.83. The van der Waals surface area contributed by atoms with E-state index in [1.54, 1.807) is 11.3 Å². The lowest BCUT2D eigenvalue weighted by Crippen LogP contribution is -2.28. The molecule has 2 rings (SSSR count). The van der Waals surface area contributed by atoms with Crippen LogP contribution >= 0.6 is 22.9 Å². The number of rotatable bonds is 5. The Morgan fingerprint density at radius 3 is 2.94 bits per heavy atom. The molecule has 0 bridgehead atoms. The Hall–Kier alpha value is -0.820. The van der Waals surface area contributed by atoms with E-state index in [0.29, 0.717) is 0 Å². The van der Waals surface area contributed by atoms with Gasteiger partial charge in [-0.1, -0.05) is 17.8 Å². The molecule has 0 aliphatic heterocycles. The fraction of sp³-hybridized carbons (Fsp3) is 0.455. The Morgan fingerprint density at radius 1 is 1.53 bits per heavy atom. The first-order valence-electron chi connectivity index (χ1n) is 5.58. The molecule has 92 valence electrons. The van der Waals surface area contributed by atoms with Gasteiger partial charge in [0.2, 0.25) is 0 Å². The quantitative estimate of drug-likeness (QED) is 0.645. The van der Waals surface area contributed by atoms with Crippen LogP contribution < -0.4 is 11.3 Å². The van der Waals surface area contributed by atoms with E-state index in [1.165, 1.54) is 22.0 Å². The first-order valence-corrected chi connectivity index (χ1v) is 7.23. The maximum Gasteiger partial charge on any atom is 0.0845 e. The van der Waals surface area contributed by atoms with Crippen LogP contribution in [-0.4, -0.2) is 9.59 Å². The number of nitrogens with two attached hydrogens (primary N) is 1. The molecule has 1 atom stereocenters. The van der Waals surface area contributed by atoms with Crippen molar-refractivity contribution in [3.05, 3.63) is 32.5 Å². The Bertz CT molecular complexity index is 477. The summed E-state index contributed by atoms with van der Waals surface area (Å²) in [6.45, 7) is 4.24. The van der Waals surface area contributed by atoms with Crippen LogP contribution in [0.2, 0.25) is 0 Å². The smallest absolute Gasteiger partial charge is 0.0845 e. The third kappa shape index (κ3) is 2.71. The highest BCUT2D eigenvalue weighted by Crippen LogP contribution is 2.29. The summed E-state index contributed by atoms with van der Waals surface area (Å²) in [5.41, 5.74) is 5.12. The first-order chi connectivity index (χ1) is 8.26. The number of nitrogens with one attached hydrogen (secondary N) is 1. The molecule has 6 heteroatoms. The molecule has 0 saturated heterocycles. The lowest BCUT2D eigenvalue weighted by Gasteiger charge is -2.13. The lowest BCUT2D eigenvalue weighted by molar-refractivity contribution is 0.638. The topological polar surface area (TPSA) is 63.8 Å². The zero-order chi connectivity index (χ0) is 12.3. The standard InChI is InChI=1S/C11H16N4S2/c1-3-4-9-11(17-15-14-9)10(13-12)8-5-7(2)16-6-8/h5-6,10,13H,3-4,12H2,1-2H3. The second kappa shape index (κ2) is 5.68. The minimum atomic E-state index is 0.0153. The molecule has 1 unspecified atom stereocenters. The van der Waals surface area contributed by atoms with Gasteiger partial charge in [-0.25, -0.2) is 5.43 Å². The fourth-order valence-corrected chi connectivity index (χ4v) is 3.30. The summed E-state index contributed by atoms with van der Waals surface area (Å²) in [5, 5.41) is 6.32. The highest BCUT2D eigenvalue weighted by molar-refractivity contribution is 7.10. The molecule has 3 N–H and O–H groups in total. The van der Waals surface area contributed by atoms with Crippen LogP contribution in [0.5, 0.6) is 0 Å². The summed E-state index contributed by atoms with van der Waals surface area (Å²) in [4.78, 5) is 2.42. The fourth-order valence-electron chi connectivity index (χ4n) is 1.78. The van der Waals surface area contributed by atoms with Crippen molar-refractivity contribution in [3.8, 4) is 0 Å². The van der Waals surface area contributed by atoms with E-state index in [9.17, 15) is 0 Å². The van der Waals surface area contributed by atoms with Gasteiger partial charge in [-0.15, -0.1) is 16.4 Å². The van der Waals surface area contributed by atoms with Gasteiger partial charge >= 0.3 is 0 Å². The maximum absolute atomic E-state index is 5.68. The summed E-state index contributed by atoms with van der Waals surface area (Å²) in [5.74, 6) is 5.68. The highest BCUT2D eigenvalue weighted by atomic mass is 32.1. The summed E-state index contributed by atoms with van der Waals surface area (Å²) < 4.78 is 4.04. The molecule has 4 nitrogen and oxygen atoms in total. The molecule has 0 radical (unpaired) electrons. The van der Waals surface area contributed by atoms with E-state index < -0.39 is 0 Å². The molecule has 0 aromatic carbocycles. The molecule has 2 heterocycles. The van der Waals surface area contributed by atoms with E-state index in [-0.39, 0.29) is 6.04 Å². The highest BCUT2D eigenvalue weighted by Gasteiger charge is 2.20. The molecule has 2 aromatic rings. The molecule has 0 spiro atoms. The third-order valence-electron chi connectivity index (χ3n) is 2.58. The summed E-state index contributed by atoms with van der Waals surface area (Å²) in [6, 6.07) is 2.17. The van der Waals surface area contributed by atoms with Gasteiger partial charge in [0.05, 0.1) is 16.6 Å². The van der Waals surface area contributed by atoms with Gasteiger partial charge in [0, 0.05) is 4.88 Å². The first kappa shape index (κ1) is 12.6. The second-order valence-electron chi connectivity index (χ2n) is 3.92. The average molecular weight is 268 g/mol. The number of hydrogen-bond acceptors (Lipinski definition) is 6. The Balaban J connectivity index is 2.31. The summed E-state index contributed by atoms with van der Waals surface area (Å²) in [6.07, 6.45) is 2.02. The maximum atomic E-state index is 5.68. The van der Waals surface area contributed by atoms with Crippen LogP contribution in [0.3, 0.4) is 0 Å². The molecule has 0 fully saturated rings. The van der Waals surface area contributed by atoms with Crippen LogP contribution in [0.15, 0.2) is 11.4 Å². The Labute approximate surface area is 109 Å². The predicted molar refractivity (Wildman–Crippen MR) is 72.1 cm³/mol. The molecule has 0 saturated carbocycles. The largest absolute Gasteiger partial charge is 0.271 e. The monoisotopic (exact) mass is 268 g/mol. The van der Waals surface area contributed by atoms with E-state index in [0.717, 1.165) is 23.4 Å². The number of hydrogen-bond donors (Lipinski definition) is 2. The molecule has 0 aliphatic carbocycles. The van der Waals surface area contributed by atoms with Gasteiger partial charge in [-0.05, 0) is 41.9 Å². The minimum absolute atomic E-state index is 0.0153. The molecule has 17 heavy (non-hydrogen) atoms. The van der Waals surface area contributed by atoms with Crippen LogP contribution in [0.25, 0.3) is 0 Å². The molecule has 2 aromatic heterocycles. The summed E-state index contributed by atoms with van der Waals surface area (Å²) >= 11 is 3.16. The van der Waals surface area contributed by atoms with Crippen molar-refractivity contribution in [1.82, 2.24) is 15.0 Å². The molecular formula is C11H16N4S2.